The van der Waals surface area contributed by atoms with Gasteiger partial charge in [0.2, 0.25) is 0 Å². The molecule has 2 aromatic heterocycles. The molecule has 0 aliphatic heterocycles. The van der Waals surface area contributed by atoms with Crippen LogP contribution in [0, 0.1) is 6.92 Å². The number of aromatic nitrogens is 1. The molecule has 4 rings (SSSR count). The van der Waals surface area contributed by atoms with Crippen molar-refractivity contribution in [3.05, 3.63) is 92.6 Å². The molecule has 0 saturated carbocycles. The lowest BCUT2D eigenvalue weighted by atomic mass is 9.87. The van der Waals surface area contributed by atoms with E-state index in [1.807, 2.05) is 17.6 Å². The number of allylic oxidation sites excluding steroid dienone is 1. The van der Waals surface area contributed by atoms with Crippen LogP contribution in [-0.2, 0) is 4.79 Å². The zero-order valence-electron chi connectivity index (χ0n) is 16.8. The average Bonchev–Trinajstić information content (AvgIpc) is 3.39. The summed E-state index contributed by atoms with van der Waals surface area (Å²) in [6.45, 7) is 4.35. The number of thiazole rings is 1. The summed E-state index contributed by atoms with van der Waals surface area (Å²) in [5, 5.41) is 13.3. The van der Waals surface area contributed by atoms with E-state index in [0.717, 1.165) is 34.7 Å². The Bertz CT molecular complexity index is 1260. The molecule has 3 nitrogen and oxygen atoms in total. The van der Waals surface area contributed by atoms with Crippen LogP contribution in [0.15, 0.2) is 64.8 Å². The zero-order valence-corrected chi connectivity index (χ0v) is 18.4. The molecule has 1 N–H and O–H groups in total. The molecule has 5 heteroatoms. The minimum Gasteiger partial charge on any atom is -0.478 e. The Morgan fingerprint density at radius 3 is 2.53 bits per heavy atom. The summed E-state index contributed by atoms with van der Waals surface area (Å²) >= 11 is 3.37. The van der Waals surface area contributed by atoms with Gasteiger partial charge in [-0.1, -0.05) is 37.3 Å². The fraction of sp³-hybridized carbons (Fsp3) is 0.120. The van der Waals surface area contributed by atoms with Crippen molar-refractivity contribution in [3.63, 3.8) is 0 Å². The smallest absolute Gasteiger partial charge is 0.328 e. The van der Waals surface area contributed by atoms with Crippen LogP contribution in [0.4, 0.5) is 0 Å². The van der Waals surface area contributed by atoms with E-state index in [9.17, 15) is 4.79 Å². The second kappa shape index (κ2) is 8.78. The Morgan fingerprint density at radius 1 is 1.10 bits per heavy atom. The number of aliphatic carboxylic acids is 1. The number of hydrogen-bond donors (Lipinski definition) is 1. The molecule has 0 fully saturated rings. The highest BCUT2D eigenvalue weighted by molar-refractivity contribution is 7.16. The molecule has 0 radical (unpaired) electrons. The van der Waals surface area contributed by atoms with Gasteiger partial charge in [-0.05, 0) is 81.3 Å². The normalized spacial score (nSPS) is 12.5. The monoisotopic (exact) mass is 431 g/mol. The molecular formula is C25H21NO2S2. The molecule has 2 aromatic carbocycles. The van der Waals surface area contributed by atoms with Crippen LogP contribution in [0.1, 0.15) is 41.2 Å². The van der Waals surface area contributed by atoms with Crippen LogP contribution in [0.3, 0.4) is 0 Å². The topological polar surface area (TPSA) is 50.2 Å². The van der Waals surface area contributed by atoms with Crippen LogP contribution in [0.25, 0.3) is 27.4 Å². The molecule has 0 unspecified atom stereocenters. The highest BCUT2D eigenvalue weighted by Gasteiger charge is 2.16. The Balaban J connectivity index is 1.90. The second-order valence-corrected chi connectivity index (χ2v) is 8.63. The van der Waals surface area contributed by atoms with Crippen LogP contribution < -0.4 is 0 Å². The highest BCUT2D eigenvalue weighted by Crippen LogP contribution is 2.38. The van der Waals surface area contributed by atoms with Crippen LogP contribution in [0.2, 0.25) is 0 Å². The van der Waals surface area contributed by atoms with Gasteiger partial charge in [0.25, 0.3) is 0 Å². The maximum absolute atomic E-state index is 10.8. The van der Waals surface area contributed by atoms with E-state index in [4.69, 9.17) is 5.11 Å². The van der Waals surface area contributed by atoms with Crippen LogP contribution in [0.5, 0.6) is 0 Å². The van der Waals surface area contributed by atoms with E-state index in [-0.39, 0.29) is 0 Å². The number of carboxylic acid groups (broad SMARTS) is 1. The van der Waals surface area contributed by atoms with Gasteiger partial charge in [0.15, 0.2) is 0 Å². The number of carbonyl (C=O) groups is 1. The van der Waals surface area contributed by atoms with Gasteiger partial charge in [-0.15, -0.1) is 11.3 Å². The average molecular weight is 432 g/mol. The van der Waals surface area contributed by atoms with Crippen molar-refractivity contribution in [2.75, 3.05) is 0 Å². The van der Waals surface area contributed by atoms with Gasteiger partial charge in [-0.2, -0.15) is 11.3 Å². The standard InChI is InChI=1S/C25H21NO2S2/c1-3-20(21-14-29-13-16(21)2)25(19-9-10-23-22(12-19)26-15-30-23)18-7-4-17(5-8-18)6-11-24(27)28/h4-15H,3H2,1-2H3,(H,27,28). The lowest BCUT2D eigenvalue weighted by Gasteiger charge is -2.16. The summed E-state index contributed by atoms with van der Waals surface area (Å²) in [7, 11) is 0. The van der Waals surface area contributed by atoms with Gasteiger partial charge in [-0.3, -0.25) is 0 Å². The first kappa shape index (κ1) is 20.3. The van der Waals surface area contributed by atoms with Crippen LogP contribution >= 0.6 is 22.7 Å². The van der Waals surface area contributed by atoms with Crippen molar-refractivity contribution in [2.24, 2.45) is 0 Å². The minimum atomic E-state index is -0.947. The van der Waals surface area contributed by atoms with Crippen molar-refractivity contribution in [1.82, 2.24) is 4.98 Å². The lowest BCUT2D eigenvalue weighted by molar-refractivity contribution is -0.131. The zero-order chi connectivity index (χ0) is 21.1. The van der Waals surface area contributed by atoms with Crippen molar-refractivity contribution in [1.29, 1.82) is 0 Å². The predicted octanol–water partition coefficient (Wildman–Crippen LogP) is 7.13. The molecule has 0 atom stereocenters. The van der Waals surface area contributed by atoms with Gasteiger partial charge in [0.05, 0.1) is 15.7 Å². The minimum absolute atomic E-state index is 0.861. The predicted molar refractivity (Wildman–Crippen MR) is 128 cm³/mol. The number of benzene rings is 2. The van der Waals surface area contributed by atoms with Gasteiger partial charge < -0.3 is 5.11 Å². The van der Waals surface area contributed by atoms with Crippen molar-refractivity contribution >= 4 is 56.1 Å². The molecule has 0 amide bonds. The summed E-state index contributed by atoms with van der Waals surface area (Å²) < 4.78 is 1.18. The van der Waals surface area contributed by atoms with Crippen molar-refractivity contribution < 1.29 is 9.90 Å². The quantitative estimate of drug-likeness (QED) is 0.330. The molecule has 0 spiro atoms. The van der Waals surface area contributed by atoms with E-state index in [1.165, 1.54) is 27.0 Å². The second-order valence-electron chi connectivity index (χ2n) is 7.00. The van der Waals surface area contributed by atoms with E-state index >= 15 is 0 Å². The molecular weight excluding hydrogens is 410 g/mol. The van der Waals surface area contributed by atoms with E-state index in [2.05, 4.69) is 59.9 Å². The number of thiophene rings is 1. The molecule has 2 heterocycles. The summed E-state index contributed by atoms with van der Waals surface area (Å²) in [4.78, 5) is 15.3. The summed E-state index contributed by atoms with van der Waals surface area (Å²) in [5.41, 5.74) is 11.1. The Labute approximate surface area is 183 Å². The SMILES string of the molecule is CCC(=C(c1ccc(C=CC(=O)O)cc1)c1ccc2scnc2c1)c1cscc1C. The number of rotatable bonds is 6. The fourth-order valence-corrected chi connectivity index (χ4v) is 5.15. The van der Waals surface area contributed by atoms with Gasteiger partial charge in [-0.25, -0.2) is 9.78 Å². The van der Waals surface area contributed by atoms with E-state index in [0.29, 0.717) is 0 Å². The number of carboxylic acids is 1. The number of fused-ring (bicyclic) bond motifs is 1. The molecule has 150 valence electrons. The van der Waals surface area contributed by atoms with Gasteiger partial charge in [0, 0.05) is 6.08 Å². The molecule has 0 bridgehead atoms. The van der Waals surface area contributed by atoms with Gasteiger partial charge in [0.1, 0.15) is 0 Å². The number of hydrogen-bond acceptors (Lipinski definition) is 4. The molecule has 0 aliphatic rings. The lowest BCUT2D eigenvalue weighted by Crippen LogP contribution is -1.96. The fourth-order valence-electron chi connectivity index (χ4n) is 3.63. The summed E-state index contributed by atoms with van der Waals surface area (Å²) in [6, 6.07) is 14.5. The summed E-state index contributed by atoms with van der Waals surface area (Å²) in [5.74, 6) is -0.947. The molecule has 0 aliphatic carbocycles. The molecule has 30 heavy (non-hydrogen) atoms. The van der Waals surface area contributed by atoms with Crippen molar-refractivity contribution in [2.45, 2.75) is 20.3 Å². The third-order valence-corrected chi connectivity index (χ3v) is 6.74. The van der Waals surface area contributed by atoms with Crippen LogP contribution in [-0.4, -0.2) is 16.1 Å². The van der Waals surface area contributed by atoms with E-state index < -0.39 is 5.97 Å². The maximum atomic E-state index is 10.8. The van der Waals surface area contributed by atoms with Crippen molar-refractivity contribution in [3.8, 4) is 0 Å². The molecule has 4 aromatic rings. The Morgan fingerprint density at radius 2 is 1.87 bits per heavy atom. The third-order valence-electron chi connectivity index (χ3n) is 5.07. The highest BCUT2D eigenvalue weighted by atomic mass is 32.1. The first-order valence-corrected chi connectivity index (χ1v) is 11.5. The molecule has 0 saturated heterocycles. The Hall–Kier alpha value is -3.02. The number of aryl methyl sites for hydroxylation is 1. The Kier molecular flexibility index (Phi) is 5.93. The first-order chi connectivity index (χ1) is 14.6. The van der Waals surface area contributed by atoms with E-state index in [1.54, 1.807) is 28.7 Å². The largest absolute Gasteiger partial charge is 0.478 e. The third kappa shape index (κ3) is 4.13. The number of nitrogens with zero attached hydrogens (tertiary/aromatic N) is 1. The summed E-state index contributed by atoms with van der Waals surface area (Å²) in [6.07, 6.45) is 3.68. The maximum Gasteiger partial charge on any atom is 0.328 e. The van der Waals surface area contributed by atoms with Gasteiger partial charge >= 0.3 is 5.97 Å². The first-order valence-electron chi connectivity index (χ1n) is 9.68.